The summed E-state index contributed by atoms with van der Waals surface area (Å²) in [5, 5.41) is 7.77. The molecule has 1 aliphatic heterocycles. The van der Waals surface area contributed by atoms with Gasteiger partial charge in [-0.05, 0) is 42.0 Å². The van der Waals surface area contributed by atoms with Crippen molar-refractivity contribution < 1.29 is 18.4 Å². The van der Waals surface area contributed by atoms with E-state index in [9.17, 15) is 18.4 Å². The average Bonchev–Trinajstić information content (AvgIpc) is 3.42. The highest BCUT2D eigenvalue weighted by atomic mass is 19.1. The van der Waals surface area contributed by atoms with Crippen molar-refractivity contribution in [1.29, 1.82) is 0 Å². The Morgan fingerprint density at radius 3 is 2.59 bits per heavy atom. The third kappa shape index (κ3) is 4.07. The molecule has 0 unspecified atom stereocenters. The first-order valence-corrected chi connectivity index (χ1v) is 10.8. The second kappa shape index (κ2) is 8.93. The van der Waals surface area contributed by atoms with Crippen LogP contribution < -0.4 is 10.2 Å². The van der Waals surface area contributed by atoms with Crippen molar-refractivity contribution in [1.82, 2.24) is 20.0 Å². The van der Waals surface area contributed by atoms with Crippen molar-refractivity contribution in [3.05, 3.63) is 90.1 Å². The van der Waals surface area contributed by atoms with Crippen molar-refractivity contribution in [2.75, 3.05) is 24.5 Å². The molecular weight excluding hydrogens is 440 g/mol. The number of fused-ring (bicyclic) bond motifs is 1. The van der Waals surface area contributed by atoms with Gasteiger partial charge in [0.15, 0.2) is 0 Å². The molecule has 0 atom stereocenters. The first-order chi connectivity index (χ1) is 16.5. The average molecular weight is 461 g/mol. The smallest absolute Gasteiger partial charge is 0.325 e. The van der Waals surface area contributed by atoms with Gasteiger partial charge in [-0.2, -0.15) is 5.10 Å². The van der Waals surface area contributed by atoms with Crippen LogP contribution in [0.1, 0.15) is 5.56 Å². The van der Waals surface area contributed by atoms with Crippen LogP contribution in [0.2, 0.25) is 0 Å². The minimum atomic E-state index is -0.398. The van der Waals surface area contributed by atoms with Gasteiger partial charge in [-0.15, -0.1) is 0 Å². The van der Waals surface area contributed by atoms with E-state index in [2.05, 4.69) is 10.4 Å². The summed E-state index contributed by atoms with van der Waals surface area (Å²) >= 11 is 0. The lowest BCUT2D eigenvalue weighted by atomic mass is 10.2. The van der Waals surface area contributed by atoms with Gasteiger partial charge in [0.1, 0.15) is 23.9 Å². The molecule has 1 saturated heterocycles. The molecule has 0 spiro atoms. The largest absolute Gasteiger partial charge is 0.350 e. The van der Waals surface area contributed by atoms with Crippen LogP contribution in [-0.2, 0) is 11.3 Å². The van der Waals surface area contributed by atoms with Gasteiger partial charge in [0.25, 0.3) is 0 Å². The number of carbonyl (C=O) groups is 2. The van der Waals surface area contributed by atoms with E-state index in [0.29, 0.717) is 40.9 Å². The number of carbonyl (C=O) groups excluding carboxylic acids is 2. The van der Waals surface area contributed by atoms with Gasteiger partial charge in [0.2, 0.25) is 5.91 Å². The zero-order chi connectivity index (χ0) is 23.7. The lowest BCUT2D eigenvalue weighted by molar-refractivity contribution is -0.121. The number of nitrogens with zero attached hydrogens (tertiary/aromatic N) is 4. The summed E-state index contributed by atoms with van der Waals surface area (Å²) in [6.07, 6.45) is 1.61. The number of aromatic nitrogens is 2. The maximum absolute atomic E-state index is 14.3. The molecule has 0 radical (unpaired) electrons. The van der Waals surface area contributed by atoms with Gasteiger partial charge < -0.3 is 10.2 Å². The van der Waals surface area contributed by atoms with E-state index in [1.165, 1.54) is 27.8 Å². The first kappa shape index (κ1) is 21.6. The maximum atomic E-state index is 14.3. The predicted octanol–water partition coefficient (Wildman–Crippen LogP) is 3.86. The van der Waals surface area contributed by atoms with Crippen LogP contribution >= 0.6 is 0 Å². The van der Waals surface area contributed by atoms with E-state index < -0.39 is 5.82 Å². The van der Waals surface area contributed by atoms with E-state index in [-0.39, 0.29) is 30.8 Å². The Kier molecular flexibility index (Phi) is 5.67. The third-order valence-electron chi connectivity index (χ3n) is 5.77. The molecule has 4 aromatic rings. The molecule has 1 N–H and O–H groups in total. The zero-order valence-corrected chi connectivity index (χ0v) is 18.1. The normalized spacial score (nSPS) is 13.6. The summed E-state index contributed by atoms with van der Waals surface area (Å²) in [5.74, 6) is -1.10. The molecule has 34 heavy (non-hydrogen) atoms. The van der Waals surface area contributed by atoms with Crippen LogP contribution in [0.4, 0.5) is 19.3 Å². The van der Waals surface area contributed by atoms with Crippen LogP contribution in [0, 0.1) is 11.6 Å². The van der Waals surface area contributed by atoms with E-state index in [1.54, 1.807) is 53.6 Å². The molecule has 2 heterocycles. The standard InChI is InChI=1S/C25H21F2N5O2/c26-18-6-3-5-17(13-18)14-28-24(33)16-30-11-12-31(25(30)34)21-9-4-10-22-19(21)15-29-32(22)23-8-2-1-7-20(23)27/h1-10,13,15H,11-12,14,16H2,(H,28,33). The molecule has 0 saturated carbocycles. The Morgan fingerprint density at radius 2 is 1.76 bits per heavy atom. The monoisotopic (exact) mass is 461 g/mol. The van der Waals surface area contributed by atoms with Crippen molar-refractivity contribution in [3.8, 4) is 5.69 Å². The second-order valence-corrected chi connectivity index (χ2v) is 7.98. The molecule has 3 aromatic carbocycles. The Morgan fingerprint density at radius 1 is 0.971 bits per heavy atom. The second-order valence-electron chi connectivity index (χ2n) is 7.98. The highest BCUT2D eigenvalue weighted by Gasteiger charge is 2.32. The molecule has 9 heteroatoms. The highest BCUT2D eigenvalue weighted by Crippen LogP contribution is 2.31. The number of anilines is 1. The molecule has 0 aliphatic carbocycles. The topological polar surface area (TPSA) is 70.5 Å². The Bertz CT molecular complexity index is 1390. The summed E-state index contributed by atoms with van der Waals surface area (Å²) < 4.78 is 29.1. The Balaban J connectivity index is 1.31. The van der Waals surface area contributed by atoms with Gasteiger partial charge in [0.05, 0.1) is 17.4 Å². The molecule has 0 bridgehead atoms. The SMILES string of the molecule is O=C(CN1CCN(c2cccc3c2cnn3-c2ccccc2F)C1=O)NCc1cccc(F)c1. The van der Waals surface area contributed by atoms with Gasteiger partial charge in [0, 0.05) is 25.0 Å². The van der Waals surface area contributed by atoms with E-state index in [0.717, 1.165) is 0 Å². The minimum Gasteiger partial charge on any atom is -0.350 e. The van der Waals surface area contributed by atoms with Gasteiger partial charge >= 0.3 is 6.03 Å². The fourth-order valence-corrected chi connectivity index (χ4v) is 4.12. The quantitative estimate of drug-likeness (QED) is 0.474. The summed E-state index contributed by atoms with van der Waals surface area (Å²) in [6, 6.07) is 17.4. The van der Waals surface area contributed by atoms with Crippen LogP contribution in [0.5, 0.6) is 0 Å². The Hall–Kier alpha value is -4.27. The van der Waals surface area contributed by atoms with E-state index in [1.807, 2.05) is 6.07 Å². The number of amides is 3. The predicted molar refractivity (Wildman–Crippen MR) is 124 cm³/mol. The number of para-hydroxylation sites is 1. The molecular formula is C25H21F2N5O2. The van der Waals surface area contributed by atoms with Gasteiger partial charge in [-0.25, -0.2) is 18.3 Å². The fraction of sp³-hybridized carbons (Fsp3) is 0.160. The van der Waals surface area contributed by atoms with Gasteiger partial charge in [-0.3, -0.25) is 9.69 Å². The Labute approximate surface area is 194 Å². The third-order valence-corrected chi connectivity index (χ3v) is 5.77. The molecule has 1 fully saturated rings. The molecule has 172 valence electrons. The molecule has 5 rings (SSSR count). The summed E-state index contributed by atoms with van der Waals surface area (Å²) in [5.41, 5.74) is 2.27. The molecule has 1 aromatic heterocycles. The van der Waals surface area contributed by atoms with Crippen molar-refractivity contribution in [3.63, 3.8) is 0 Å². The highest BCUT2D eigenvalue weighted by molar-refractivity contribution is 6.04. The molecule has 1 aliphatic rings. The number of halogens is 2. The van der Waals surface area contributed by atoms with Crippen LogP contribution in [0.25, 0.3) is 16.6 Å². The summed E-state index contributed by atoms with van der Waals surface area (Å²) in [7, 11) is 0. The lowest BCUT2D eigenvalue weighted by Crippen LogP contribution is -2.39. The van der Waals surface area contributed by atoms with Gasteiger partial charge in [-0.1, -0.05) is 30.3 Å². The van der Waals surface area contributed by atoms with E-state index >= 15 is 0 Å². The van der Waals surface area contributed by atoms with Crippen molar-refractivity contribution >= 4 is 28.5 Å². The maximum Gasteiger partial charge on any atom is 0.325 e. The van der Waals surface area contributed by atoms with Crippen molar-refractivity contribution in [2.24, 2.45) is 0 Å². The zero-order valence-electron chi connectivity index (χ0n) is 18.1. The number of rotatable bonds is 6. The first-order valence-electron chi connectivity index (χ1n) is 10.8. The minimum absolute atomic E-state index is 0.102. The summed E-state index contributed by atoms with van der Waals surface area (Å²) in [4.78, 5) is 28.5. The van der Waals surface area contributed by atoms with Crippen LogP contribution in [-0.4, -0.2) is 46.3 Å². The van der Waals surface area contributed by atoms with Crippen molar-refractivity contribution in [2.45, 2.75) is 6.54 Å². The number of hydrogen-bond acceptors (Lipinski definition) is 3. The van der Waals surface area contributed by atoms with Crippen LogP contribution in [0.15, 0.2) is 72.9 Å². The lowest BCUT2D eigenvalue weighted by Gasteiger charge is -2.19. The number of urea groups is 1. The number of benzene rings is 3. The number of nitrogens with one attached hydrogen (secondary N) is 1. The molecule has 3 amide bonds. The molecule has 7 nitrogen and oxygen atoms in total. The fourth-order valence-electron chi connectivity index (χ4n) is 4.12. The van der Waals surface area contributed by atoms with Crippen LogP contribution in [0.3, 0.4) is 0 Å². The summed E-state index contributed by atoms with van der Waals surface area (Å²) in [6.45, 7) is 0.857. The number of hydrogen-bond donors (Lipinski definition) is 1. The van der Waals surface area contributed by atoms with E-state index in [4.69, 9.17) is 0 Å².